The Morgan fingerprint density at radius 1 is 0.979 bits per heavy atom. The van der Waals surface area contributed by atoms with Crippen LogP contribution in [0.2, 0.25) is 0 Å². The maximum absolute atomic E-state index is 14.2. The van der Waals surface area contributed by atoms with E-state index in [9.17, 15) is 18.0 Å². The number of carbonyl (C=O) groups excluding carboxylic acids is 1. The van der Waals surface area contributed by atoms with Gasteiger partial charge in [0.2, 0.25) is 0 Å². The Kier molecular flexibility index (Phi) is 8.61. The number of alkyl halides is 3. The van der Waals surface area contributed by atoms with E-state index < -0.39 is 18.1 Å². The second kappa shape index (κ2) is 13.1. The largest absolute Gasteiger partial charge is 0.488 e. The highest BCUT2D eigenvalue weighted by molar-refractivity contribution is 7.12. The summed E-state index contributed by atoms with van der Waals surface area (Å²) in [6.07, 6.45) is 5.88. The molecule has 7 rings (SSSR count). The first-order chi connectivity index (χ1) is 22.8. The Hall–Kier alpha value is -4.81. The van der Waals surface area contributed by atoms with Gasteiger partial charge in [0, 0.05) is 40.7 Å². The van der Waals surface area contributed by atoms with Crippen LogP contribution in [-0.2, 0) is 0 Å². The molecule has 1 aliphatic heterocycles. The predicted octanol–water partition coefficient (Wildman–Crippen LogP) is 6.15. The van der Waals surface area contributed by atoms with Crippen molar-refractivity contribution < 1.29 is 27.6 Å². The third-order valence-electron chi connectivity index (χ3n) is 8.54. The lowest BCUT2D eigenvalue weighted by atomic mass is 10.0. The van der Waals surface area contributed by atoms with Crippen LogP contribution in [0, 0.1) is 0 Å². The van der Waals surface area contributed by atoms with Crippen molar-refractivity contribution in [1.29, 1.82) is 0 Å². The van der Waals surface area contributed by atoms with Crippen molar-refractivity contribution >= 4 is 33.8 Å². The lowest BCUT2D eigenvalue weighted by molar-refractivity contribution is -0.904. The molecule has 0 bridgehead atoms. The molecule has 47 heavy (non-hydrogen) atoms. The number of ether oxygens (including phenoxy) is 1. The number of thiophene rings is 1. The fourth-order valence-corrected chi connectivity index (χ4v) is 6.89. The molecule has 1 aliphatic rings. The highest BCUT2D eigenvalue weighted by atomic mass is 32.1. The van der Waals surface area contributed by atoms with Crippen molar-refractivity contribution in [1.82, 2.24) is 24.9 Å². The molecule has 2 aromatic carbocycles. The molecule has 1 unspecified atom stereocenters. The van der Waals surface area contributed by atoms with Gasteiger partial charge >= 0.3 is 6.18 Å². The van der Waals surface area contributed by atoms with Crippen LogP contribution in [0.3, 0.4) is 0 Å². The van der Waals surface area contributed by atoms with Crippen LogP contribution in [0.25, 0.3) is 38.8 Å². The van der Waals surface area contributed by atoms with Crippen LogP contribution in [0.1, 0.15) is 40.5 Å². The number of likely N-dealkylation sites (tertiary alicyclic amines) is 1. The number of rotatable bonds is 9. The number of piperidine rings is 1. The minimum Gasteiger partial charge on any atom is -0.488 e. The van der Waals surface area contributed by atoms with Crippen LogP contribution < -0.4 is 15.0 Å². The number of nitrogens with one attached hydrogen (secondary N) is 2. The van der Waals surface area contributed by atoms with Crippen LogP contribution in [0.5, 0.6) is 5.75 Å². The average molecular weight is 658 g/mol. The van der Waals surface area contributed by atoms with E-state index in [1.807, 2.05) is 30.5 Å². The SMILES string of the molecule is O=C(NC(c1cccc2cccnc12)C(F)(F)F)c1cc(-c2cnn3cc(-c4ccc(OCC[NH+]5CCCCC5)cc4)cnc23)cs1. The Morgan fingerprint density at radius 2 is 1.79 bits per heavy atom. The van der Waals surface area contributed by atoms with E-state index in [-0.39, 0.29) is 16.0 Å². The first kappa shape index (κ1) is 30.8. The molecule has 0 spiro atoms. The van der Waals surface area contributed by atoms with Gasteiger partial charge in [-0.15, -0.1) is 11.3 Å². The summed E-state index contributed by atoms with van der Waals surface area (Å²) >= 11 is 1.06. The van der Waals surface area contributed by atoms with E-state index in [1.165, 1.54) is 50.7 Å². The average Bonchev–Trinajstić information content (AvgIpc) is 3.75. The van der Waals surface area contributed by atoms with Crippen molar-refractivity contribution in [2.45, 2.75) is 31.5 Å². The van der Waals surface area contributed by atoms with Crippen LogP contribution in [-0.4, -0.2) is 57.9 Å². The molecular formula is C35H32F3N6O2S+. The van der Waals surface area contributed by atoms with Gasteiger partial charge in [0.15, 0.2) is 11.7 Å². The summed E-state index contributed by atoms with van der Waals surface area (Å²) in [5.41, 5.74) is 3.77. The maximum atomic E-state index is 14.2. The first-order valence-corrected chi connectivity index (χ1v) is 16.4. The molecule has 1 fully saturated rings. The van der Waals surface area contributed by atoms with Crippen molar-refractivity contribution in [2.75, 3.05) is 26.2 Å². The zero-order chi connectivity index (χ0) is 32.4. The monoisotopic (exact) mass is 657 g/mol. The van der Waals surface area contributed by atoms with Gasteiger partial charge in [0.1, 0.15) is 18.9 Å². The molecule has 1 amide bonds. The molecule has 6 aromatic rings. The quantitative estimate of drug-likeness (QED) is 0.195. The molecule has 0 aliphatic carbocycles. The van der Waals surface area contributed by atoms with E-state index >= 15 is 0 Å². The molecule has 2 N–H and O–H groups in total. The van der Waals surface area contributed by atoms with Gasteiger partial charge in [-0.25, -0.2) is 9.50 Å². The Balaban J connectivity index is 1.05. The molecule has 8 nitrogen and oxygen atoms in total. The van der Waals surface area contributed by atoms with Crippen LogP contribution in [0.4, 0.5) is 13.2 Å². The second-order valence-corrected chi connectivity index (χ2v) is 12.6. The van der Waals surface area contributed by atoms with Crippen molar-refractivity contribution in [3.63, 3.8) is 0 Å². The van der Waals surface area contributed by atoms with E-state index in [0.717, 1.165) is 34.8 Å². The number of hydrogen-bond acceptors (Lipinski definition) is 6. The fraction of sp³-hybridized carbons (Fsp3) is 0.257. The number of quaternary nitrogens is 1. The first-order valence-electron chi connectivity index (χ1n) is 15.5. The summed E-state index contributed by atoms with van der Waals surface area (Å²) < 4.78 is 50.3. The fourth-order valence-electron chi connectivity index (χ4n) is 6.08. The zero-order valence-corrected chi connectivity index (χ0v) is 26.2. The van der Waals surface area contributed by atoms with Crippen LogP contribution >= 0.6 is 11.3 Å². The number of pyridine rings is 1. The number of para-hydroxylation sites is 1. The van der Waals surface area contributed by atoms with Gasteiger partial charge < -0.3 is 15.0 Å². The molecule has 0 radical (unpaired) electrons. The number of amides is 1. The maximum Gasteiger partial charge on any atom is 0.412 e. The van der Waals surface area contributed by atoms with E-state index in [1.54, 1.807) is 51.5 Å². The Labute approximate surface area is 272 Å². The Bertz CT molecular complexity index is 2010. The number of halogens is 3. The third-order valence-corrected chi connectivity index (χ3v) is 9.47. The molecule has 4 aromatic heterocycles. The number of hydrogen-bond donors (Lipinski definition) is 2. The number of aromatic nitrogens is 4. The van der Waals surface area contributed by atoms with E-state index in [0.29, 0.717) is 28.8 Å². The number of nitrogens with zero attached hydrogens (tertiary/aromatic N) is 4. The minimum atomic E-state index is -4.73. The van der Waals surface area contributed by atoms with Crippen molar-refractivity contribution in [2.24, 2.45) is 0 Å². The smallest absolute Gasteiger partial charge is 0.412 e. The summed E-state index contributed by atoms with van der Waals surface area (Å²) in [6, 6.07) is 15.1. The normalized spacial score (nSPS) is 14.8. The Morgan fingerprint density at radius 3 is 2.60 bits per heavy atom. The lowest BCUT2D eigenvalue weighted by Gasteiger charge is -2.23. The molecule has 5 heterocycles. The molecular weight excluding hydrogens is 625 g/mol. The van der Waals surface area contributed by atoms with Gasteiger partial charge in [0.25, 0.3) is 5.91 Å². The van der Waals surface area contributed by atoms with Gasteiger partial charge in [-0.3, -0.25) is 9.78 Å². The molecule has 12 heteroatoms. The molecule has 0 saturated carbocycles. The summed E-state index contributed by atoms with van der Waals surface area (Å²) in [6.45, 7) is 4.15. The third kappa shape index (κ3) is 6.70. The lowest BCUT2D eigenvalue weighted by Crippen LogP contribution is -3.13. The van der Waals surface area contributed by atoms with Crippen LogP contribution in [0.15, 0.2) is 90.8 Å². The summed E-state index contributed by atoms with van der Waals surface area (Å²) in [5.74, 6) is -0.00314. The molecule has 240 valence electrons. The topological polar surface area (TPSA) is 85.9 Å². The standard InChI is InChI=1S/C35H31F3N6O2S/c36-35(37,38)32(28-8-4-6-24-7-5-13-39-31(24)28)42-34(45)30-18-25(22-47-30)29-20-41-44-21-26(19-40-33(29)44)23-9-11-27(12-10-23)46-17-16-43-14-2-1-3-15-43/h4-13,18-22,32H,1-3,14-17H2,(H,42,45)/p+1. The molecule has 1 saturated heterocycles. The zero-order valence-electron chi connectivity index (χ0n) is 25.3. The minimum absolute atomic E-state index is 0.112. The van der Waals surface area contributed by atoms with Crippen molar-refractivity contribution in [3.05, 3.63) is 101 Å². The summed E-state index contributed by atoms with van der Waals surface area (Å²) in [4.78, 5) is 23.7. The summed E-state index contributed by atoms with van der Waals surface area (Å²) in [7, 11) is 0. The predicted molar refractivity (Wildman–Crippen MR) is 175 cm³/mol. The van der Waals surface area contributed by atoms with Gasteiger partial charge in [-0.2, -0.15) is 18.3 Å². The highest BCUT2D eigenvalue weighted by Gasteiger charge is 2.43. The van der Waals surface area contributed by atoms with Gasteiger partial charge in [-0.05, 0) is 60.0 Å². The van der Waals surface area contributed by atoms with Gasteiger partial charge in [-0.1, -0.05) is 36.4 Å². The van der Waals surface area contributed by atoms with Gasteiger partial charge in [0.05, 0.1) is 29.7 Å². The second-order valence-electron chi connectivity index (χ2n) is 11.7. The summed E-state index contributed by atoms with van der Waals surface area (Å²) in [5, 5.41) is 8.93. The highest BCUT2D eigenvalue weighted by Crippen LogP contribution is 2.37. The number of fused-ring (bicyclic) bond motifs is 2. The van der Waals surface area contributed by atoms with E-state index in [2.05, 4.69) is 20.4 Å². The molecule has 1 atom stereocenters. The number of carbonyl (C=O) groups is 1. The number of benzene rings is 2. The van der Waals surface area contributed by atoms with Crippen molar-refractivity contribution in [3.8, 4) is 28.0 Å². The van der Waals surface area contributed by atoms with E-state index in [4.69, 9.17) is 4.74 Å².